The minimum Gasteiger partial charge on any atom is -0.340 e. The minimum atomic E-state index is 0.773. The van der Waals surface area contributed by atoms with Gasteiger partial charge >= 0.3 is 0 Å². The van der Waals surface area contributed by atoms with Crippen molar-refractivity contribution in [1.29, 1.82) is 0 Å². The number of nitrogens with zero attached hydrogens (tertiary/aromatic N) is 2. The standard InChI is InChI=1S/C13H10BrN3/c14-10-5-2-1-4-9(10)8-12-16-11-6-3-7-15-13(11)17-12/h1-7H,8H2,(H,15,16,17). The van der Waals surface area contributed by atoms with Crippen LogP contribution in [-0.2, 0) is 6.42 Å². The second-order valence-corrected chi connectivity index (χ2v) is 4.68. The maximum atomic E-state index is 4.46. The first-order valence-corrected chi connectivity index (χ1v) is 6.15. The lowest BCUT2D eigenvalue weighted by Crippen LogP contribution is -1.91. The van der Waals surface area contributed by atoms with E-state index in [0.717, 1.165) is 27.9 Å². The molecular weight excluding hydrogens is 278 g/mol. The molecular formula is C13H10BrN3. The minimum absolute atomic E-state index is 0.773. The molecule has 0 saturated carbocycles. The number of benzene rings is 1. The monoisotopic (exact) mass is 287 g/mol. The summed E-state index contributed by atoms with van der Waals surface area (Å²) in [4.78, 5) is 12.0. The molecule has 0 bridgehead atoms. The summed E-state index contributed by atoms with van der Waals surface area (Å²) >= 11 is 3.54. The molecule has 0 amide bonds. The van der Waals surface area contributed by atoms with Crippen LogP contribution in [0.5, 0.6) is 0 Å². The second-order valence-electron chi connectivity index (χ2n) is 3.83. The third kappa shape index (κ3) is 2.08. The van der Waals surface area contributed by atoms with Crippen molar-refractivity contribution in [3.05, 3.63) is 58.5 Å². The molecule has 0 aliphatic rings. The molecule has 0 aliphatic heterocycles. The Morgan fingerprint density at radius 1 is 1.12 bits per heavy atom. The first-order valence-electron chi connectivity index (χ1n) is 5.36. The van der Waals surface area contributed by atoms with E-state index in [4.69, 9.17) is 0 Å². The SMILES string of the molecule is Brc1ccccc1Cc1nc2ncccc2[nH]1. The number of hydrogen-bond acceptors (Lipinski definition) is 2. The Morgan fingerprint density at radius 3 is 2.82 bits per heavy atom. The van der Waals surface area contributed by atoms with Crippen LogP contribution < -0.4 is 0 Å². The Bertz CT molecular complexity index is 627. The smallest absolute Gasteiger partial charge is 0.177 e. The van der Waals surface area contributed by atoms with Crippen molar-refractivity contribution in [3.8, 4) is 0 Å². The topological polar surface area (TPSA) is 41.6 Å². The maximum Gasteiger partial charge on any atom is 0.177 e. The molecule has 17 heavy (non-hydrogen) atoms. The summed E-state index contributed by atoms with van der Waals surface area (Å²) in [6.45, 7) is 0. The number of H-pyrrole nitrogens is 1. The molecule has 2 aromatic heterocycles. The number of hydrogen-bond donors (Lipinski definition) is 1. The van der Waals surface area contributed by atoms with Gasteiger partial charge < -0.3 is 4.98 Å². The number of imidazole rings is 1. The van der Waals surface area contributed by atoms with Crippen LogP contribution in [0.15, 0.2) is 47.1 Å². The Kier molecular flexibility index (Phi) is 2.65. The van der Waals surface area contributed by atoms with E-state index in [2.05, 4.69) is 36.9 Å². The summed E-state index contributed by atoms with van der Waals surface area (Å²) in [6.07, 6.45) is 2.53. The lowest BCUT2D eigenvalue weighted by atomic mass is 10.1. The molecule has 1 N–H and O–H groups in total. The van der Waals surface area contributed by atoms with Crippen LogP contribution >= 0.6 is 15.9 Å². The largest absolute Gasteiger partial charge is 0.340 e. The van der Waals surface area contributed by atoms with Crippen LogP contribution in [0.2, 0.25) is 0 Å². The van der Waals surface area contributed by atoms with Crippen LogP contribution in [0.4, 0.5) is 0 Å². The Balaban J connectivity index is 1.98. The van der Waals surface area contributed by atoms with Gasteiger partial charge in [0.05, 0.1) is 5.52 Å². The zero-order chi connectivity index (χ0) is 11.7. The van der Waals surface area contributed by atoms with Crippen molar-refractivity contribution in [3.63, 3.8) is 0 Å². The maximum absolute atomic E-state index is 4.46. The predicted molar refractivity (Wildman–Crippen MR) is 70.8 cm³/mol. The van der Waals surface area contributed by atoms with E-state index in [9.17, 15) is 0 Å². The van der Waals surface area contributed by atoms with Gasteiger partial charge in [0.2, 0.25) is 0 Å². The molecule has 4 heteroatoms. The Morgan fingerprint density at radius 2 is 2.00 bits per heavy atom. The summed E-state index contributed by atoms with van der Waals surface area (Å²) in [5.41, 5.74) is 2.97. The molecule has 3 aromatic rings. The first-order chi connectivity index (χ1) is 8.33. The molecule has 0 unspecified atom stereocenters. The molecule has 0 radical (unpaired) electrons. The highest BCUT2D eigenvalue weighted by Gasteiger charge is 2.05. The average Bonchev–Trinajstić information content (AvgIpc) is 2.74. The molecule has 3 rings (SSSR count). The van der Waals surface area contributed by atoms with Crippen LogP contribution in [0.25, 0.3) is 11.2 Å². The van der Waals surface area contributed by atoms with Gasteiger partial charge in [-0.05, 0) is 23.8 Å². The van der Waals surface area contributed by atoms with Crippen molar-refractivity contribution < 1.29 is 0 Å². The molecule has 3 nitrogen and oxygen atoms in total. The first kappa shape index (κ1) is 10.5. The van der Waals surface area contributed by atoms with Gasteiger partial charge in [0, 0.05) is 17.1 Å². The molecule has 84 valence electrons. The summed E-state index contributed by atoms with van der Waals surface area (Å²) < 4.78 is 1.11. The van der Waals surface area contributed by atoms with E-state index >= 15 is 0 Å². The lowest BCUT2D eigenvalue weighted by Gasteiger charge is -2.00. The molecule has 0 saturated heterocycles. The van der Waals surface area contributed by atoms with E-state index in [1.165, 1.54) is 5.56 Å². The number of halogens is 1. The molecule has 0 fully saturated rings. The lowest BCUT2D eigenvalue weighted by molar-refractivity contribution is 1.03. The fraction of sp³-hybridized carbons (Fsp3) is 0.0769. The summed E-state index contributed by atoms with van der Waals surface area (Å²) in [7, 11) is 0. The zero-order valence-corrected chi connectivity index (χ0v) is 10.6. The molecule has 0 spiro atoms. The third-order valence-corrected chi connectivity index (χ3v) is 3.40. The summed E-state index contributed by atoms with van der Waals surface area (Å²) in [5.74, 6) is 0.936. The van der Waals surface area contributed by atoms with Gasteiger partial charge in [-0.25, -0.2) is 9.97 Å². The van der Waals surface area contributed by atoms with Gasteiger partial charge in [-0.1, -0.05) is 34.1 Å². The predicted octanol–water partition coefficient (Wildman–Crippen LogP) is 3.31. The molecule has 1 aromatic carbocycles. The average molecular weight is 288 g/mol. The number of fused-ring (bicyclic) bond motifs is 1. The Labute approximate surface area is 107 Å². The van der Waals surface area contributed by atoms with Crippen LogP contribution in [0.1, 0.15) is 11.4 Å². The molecule has 0 atom stereocenters. The van der Waals surface area contributed by atoms with E-state index in [0.29, 0.717) is 0 Å². The third-order valence-electron chi connectivity index (χ3n) is 2.62. The highest BCUT2D eigenvalue weighted by atomic mass is 79.9. The molecule has 2 heterocycles. The van der Waals surface area contributed by atoms with Crippen LogP contribution in [0, 0.1) is 0 Å². The van der Waals surface area contributed by atoms with Gasteiger partial charge in [-0.2, -0.15) is 0 Å². The van der Waals surface area contributed by atoms with Crippen LogP contribution in [0.3, 0.4) is 0 Å². The van der Waals surface area contributed by atoms with Crippen molar-refractivity contribution in [2.24, 2.45) is 0 Å². The number of pyridine rings is 1. The van der Waals surface area contributed by atoms with E-state index in [1.807, 2.05) is 30.3 Å². The summed E-state index contributed by atoms with van der Waals surface area (Å²) in [6, 6.07) is 12.1. The highest BCUT2D eigenvalue weighted by molar-refractivity contribution is 9.10. The van der Waals surface area contributed by atoms with Crippen molar-refractivity contribution in [2.75, 3.05) is 0 Å². The van der Waals surface area contributed by atoms with E-state index in [1.54, 1.807) is 6.20 Å². The van der Waals surface area contributed by atoms with Crippen molar-refractivity contribution in [1.82, 2.24) is 15.0 Å². The quantitative estimate of drug-likeness (QED) is 0.786. The van der Waals surface area contributed by atoms with Gasteiger partial charge in [0.25, 0.3) is 0 Å². The highest BCUT2D eigenvalue weighted by Crippen LogP contribution is 2.19. The fourth-order valence-electron chi connectivity index (χ4n) is 1.80. The van der Waals surface area contributed by atoms with Gasteiger partial charge in [-0.15, -0.1) is 0 Å². The number of aromatic amines is 1. The normalized spacial score (nSPS) is 10.9. The van der Waals surface area contributed by atoms with Crippen LogP contribution in [-0.4, -0.2) is 15.0 Å². The Hall–Kier alpha value is -1.68. The van der Waals surface area contributed by atoms with E-state index < -0.39 is 0 Å². The van der Waals surface area contributed by atoms with Gasteiger partial charge in [-0.3, -0.25) is 0 Å². The summed E-state index contributed by atoms with van der Waals surface area (Å²) in [5, 5.41) is 0. The van der Waals surface area contributed by atoms with Crippen molar-refractivity contribution >= 4 is 27.1 Å². The molecule has 0 aliphatic carbocycles. The second kappa shape index (κ2) is 4.30. The van der Waals surface area contributed by atoms with Gasteiger partial charge in [0.1, 0.15) is 5.82 Å². The fourth-order valence-corrected chi connectivity index (χ4v) is 2.23. The zero-order valence-electron chi connectivity index (χ0n) is 9.02. The van der Waals surface area contributed by atoms with Gasteiger partial charge in [0.15, 0.2) is 5.65 Å². The number of nitrogens with one attached hydrogen (secondary N) is 1. The number of rotatable bonds is 2. The van der Waals surface area contributed by atoms with E-state index in [-0.39, 0.29) is 0 Å². The number of aromatic nitrogens is 3. The van der Waals surface area contributed by atoms with Crippen molar-refractivity contribution in [2.45, 2.75) is 6.42 Å².